The molecule has 0 saturated heterocycles. The molecule has 0 aliphatic carbocycles. The molecule has 0 atom stereocenters. The average molecular weight is 286 g/mol. The van der Waals surface area contributed by atoms with Crippen molar-refractivity contribution in [3.63, 3.8) is 0 Å². The highest BCUT2D eigenvalue weighted by Crippen LogP contribution is 2.23. The van der Waals surface area contributed by atoms with Crippen molar-refractivity contribution in [3.05, 3.63) is 53.6 Å². The van der Waals surface area contributed by atoms with Crippen LogP contribution in [-0.4, -0.2) is 11.7 Å². The van der Waals surface area contributed by atoms with Gasteiger partial charge in [-0.15, -0.1) is 11.8 Å². The van der Waals surface area contributed by atoms with Crippen LogP contribution in [0, 0.1) is 13.8 Å². The molecule has 2 rings (SSSR count). The van der Waals surface area contributed by atoms with Gasteiger partial charge >= 0.3 is 0 Å². The zero-order valence-corrected chi connectivity index (χ0v) is 12.5. The van der Waals surface area contributed by atoms with Crippen LogP contribution < -0.4 is 11.1 Å². The van der Waals surface area contributed by atoms with E-state index in [1.165, 1.54) is 11.1 Å². The number of rotatable bonds is 4. The fraction of sp³-hybridized carbons (Fsp3) is 0.188. The summed E-state index contributed by atoms with van der Waals surface area (Å²) in [7, 11) is 0. The Morgan fingerprint density at radius 1 is 1.20 bits per heavy atom. The maximum absolute atomic E-state index is 11.9. The van der Waals surface area contributed by atoms with Crippen LogP contribution in [0.3, 0.4) is 0 Å². The van der Waals surface area contributed by atoms with Crippen molar-refractivity contribution in [1.82, 2.24) is 0 Å². The summed E-state index contributed by atoms with van der Waals surface area (Å²) < 4.78 is 0. The van der Waals surface area contributed by atoms with Gasteiger partial charge in [-0.3, -0.25) is 4.79 Å². The Bertz CT molecular complexity index is 626. The lowest BCUT2D eigenvalue weighted by Gasteiger charge is -2.08. The number of nitrogens with one attached hydrogen (secondary N) is 1. The van der Waals surface area contributed by atoms with Crippen molar-refractivity contribution in [2.75, 3.05) is 16.8 Å². The Labute approximate surface area is 123 Å². The van der Waals surface area contributed by atoms with E-state index < -0.39 is 0 Å². The number of carbonyl (C=O) groups is 1. The molecule has 0 saturated carbocycles. The third kappa shape index (κ3) is 4.03. The van der Waals surface area contributed by atoms with Crippen molar-refractivity contribution in [2.45, 2.75) is 18.7 Å². The van der Waals surface area contributed by atoms with E-state index in [-0.39, 0.29) is 5.91 Å². The zero-order chi connectivity index (χ0) is 14.5. The lowest BCUT2D eigenvalue weighted by molar-refractivity contribution is -0.113. The molecule has 104 valence electrons. The summed E-state index contributed by atoms with van der Waals surface area (Å²) in [5.74, 6) is 0.360. The molecule has 0 aliphatic heterocycles. The molecule has 4 heteroatoms. The van der Waals surface area contributed by atoms with Crippen molar-refractivity contribution < 1.29 is 4.79 Å². The van der Waals surface area contributed by atoms with E-state index in [9.17, 15) is 4.79 Å². The molecular formula is C16H18N2OS. The maximum atomic E-state index is 11.9. The Morgan fingerprint density at radius 3 is 2.70 bits per heavy atom. The molecule has 20 heavy (non-hydrogen) atoms. The lowest BCUT2D eigenvalue weighted by atomic mass is 10.2. The van der Waals surface area contributed by atoms with E-state index >= 15 is 0 Å². The average Bonchev–Trinajstić information content (AvgIpc) is 2.37. The van der Waals surface area contributed by atoms with E-state index in [2.05, 4.69) is 37.4 Å². The minimum absolute atomic E-state index is 0.0272. The molecule has 0 unspecified atom stereocenters. The number of hydrogen-bond acceptors (Lipinski definition) is 3. The number of hydrogen-bond donors (Lipinski definition) is 2. The molecular weight excluding hydrogens is 268 g/mol. The summed E-state index contributed by atoms with van der Waals surface area (Å²) in [5.41, 5.74) is 9.49. The standard InChI is InChI=1S/C16H18N2OS/c1-11-6-7-15(12(2)8-11)20-10-16(19)18-14-5-3-4-13(17)9-14/h3-9H,10,17H2,1-2H3,(H,18,19). The number of thioether (sulfide) groups is 1. The summed E-state index contributed by atoms with van der Waals surface area (Å²) >= 11 is 1.54. The second-order valence-corrected chi connectivity index (χ2v) is 5.75. The van der Waals surface area contributed by atoms with Crippen LogP contribution in [-0.2, 0) is 4.79 Å². The van der Waals surface area contributed by atoms with Crippen LogP contribution >= 0.6 is 11.8 Å². The minimum atomic E-state index is -0.0272. The predicted octanol–water partition coefficient (Wildman–Crippen LogP) is 3.62. The number of amides is 1. The third-order valence-corrected chi connectivity index (χ3v) is 4.04. The third-order valence-electron chi connectivity index (χ3n) is 2.86. The lowest BCUT2D eigenvalue weighted by Crippen LogP contribution is -2.14. The molecule has 1 amide bonds. The van der Waals surface area contributed by atoms with Crippen LogP contribution in [0.5, 0.6) is 0 Å². The number of nitrogens with two attached hydrogens (primary N) is 1. The largest absolute Gasteiger partial charge is 0.399 e. The smallest absolute Gasteiger partial charge is 0.234 e. The number of benzene rings is 2. The maximum Gasteiger partial charge on any atom is 0.234 e. The molecule has 0 fully saturated rings. The van der Waals surface area contributed by atoms with Gasteiger partial charge in [0.05, 0.1) is 5.75 Å². The topological polar surface area (TPSA) is 55.1 Å². The van der Waals surface area contributed by atoms with E-state index in [0.717, 1.165) is 10.6 Å². The van der Waals surface area contributed by atoms with E-state index in [0.29, 0.717) is 11.4 Å². The monoisotopic (exact) mass is 286 g/mol. The number of nitrogen functional groups attached to an aromatic ring is 1. The van der Waals surface area contributed by atoms with Gasteiger partial charge < -0.3 is 11.1 Å². The second-order valence-electron chi connectivity index (χ2n) is 4.73. The van der Waals surface area contributed by atoms with Gasteiger partial charge in [-0.1, -0.05) is 23.8 Å². The summed E-state index contributed by atoms with van der Waals surface area (Å²) in [6.07, 6.45) is 0. The first-order chi connectivity index (χ1) is 9.54. The first-order valence-corrected chi connectivity index (χ1v) is 7.38. The SMILES string of the molecule is Cc1ccc(SCC(=O)Nc2cccc(N)c2)c(C)c1. The van der Waals surface area contributed by atoms with E-state index in [1.807, 2.05) is 12.1 Å². The predicted molar refractivity (Wildman–Crippen MR) is 86.1 cm³/mol. The van der Waals surface area contributed by atoms with Crippen LogP contribution in [0.25, 0.3) is 0 Å². The molecule has 3 N–H and O–H groups in total. The van der Waals surface area contributed by atoms with Crippen molar-refractivity contribution >= 4 is 29.0 Å². The molecule has 0 spiro atoms. The van der Waals surface area contributed by atoms with Gasteiger partial charge in [-0.25, -0.2) is 0 Å². The molecule has 2 aromatic carbocycles. The summed E-state index contributed by atoms with van der Waals surface area (Å²) in [6, 6.07) is 13.4. The molecule has 3 nitrogen and oxygen atoms in total. The summed E-state index contributed by atoms with van der Waals surface area (Å²) in [5, 5.41) is 2.84. The molecule has 0 aliphatic rings. The van der Waals surface area contributed by atoms with Gasteiger partial charge in [-0.2, -0.15) is 0 Å². The second kappa shape index (κ2) is 6.48. The fourth-order valence-corrected chi connectivity index (χ4v) is 2.73. The highest BCUT2D eigenvalue weighted by molar-refractivity contribution is 8.00. The molecule has 0 aromatic heterocycles. The highest BCUT2D eigenvalue weighted by Gasteiger charge is 2.05. The van der Waals surface area contributed by atoms with Gasteiger partial charge in [0.25, 0.3) is 0 Å². The summed E-state index contributed by atoms with van der Waals surface area (Å²) in [4.78, 5) is 13.0. The Balaban J connectivity index is 1.92. The van der Waals surface area contributed by atoms with Crippen LogP contribution in [0.1, 0.15) is 11.1 Å². The van der Waals surface area contributed by atoms with Crippen LogP contribution in [0.2, 0.25) is 0 Å². The van der Waals surface area contributed by atoms with Crippen molar-refractivity contribution in [3.8, 4) is 0 Å². The number of aryl methyl sites for hydroxylation is 2. The first-order valence-electron chi connectivity index (χ1n) is 6.40. The normalized spacial score (nSPS) is 10.3. The van der Waals surface area contributed by atoms with Crippen LogP contribution in [0.15, 0.2) is 47.4 Å². The van der Waals surface area contributed by atoms with Crippen molar-refractivity contribution in [2.24, 2.45) is 0 Å². The van der Waals surface area contributed by atoms with Gasteiger partial charge in [-0.05, 0) is 43.7 Å². The van der Waals surface area contributed by atoms with Gasteiger partial charge in [0.2, 0.25) is 5.91 Å². The minimum Gasteiger partial charge on any atom is -0.399 e. The van der Waals surface area contributed by atoms with Crippen molar-refractivity contribution in [1.29, 1.82) is 0 Å². The van der Waals surface area contributed by atoms with Gasteiger partial charge in [0, 0.05) is 16.3 Å². The molecule has 0 bridgehead atoms. The Kier molecular flexibility index (Phi) is 4.69. The van der Waals surface area contributed by atoms with Gasteiger partial charge in [0.1, 0.15) is 0 Å². The quantitative estimate of drug-likeness (QED) is 0.667. The number of carbonyl (C=O) groups excluding carboxylic acids is 1. The fourth-order valence-electron chi connectivity index (χ4n) is 1.92. The molecule has 0 heterocycles. The molecule has 0 radical (unpaired) electrons. The van der Waals surface area contributed by atoms with Crippen LogP contribution in [0.4, 0.5) is 11.4 Å². The highest BCUT2D eigenvalue weighted by atomic mass is 32.2. The van der Waals surface area contributed by atoms with Gasteiger partial charge in [0.15, 0.2) is 0 Å². The van der Waals surface area contributed by atoms with E-state index in [4.69, 9.17) is 5.73 Å². The summed E-state index contributed by atoms with van der Waals surface area (Å²) in [6.45, 7) is 4.12. The number of anilines is 2. The first kappa shape index (κ1) is 14.5. The Hall–Kier alpha value is -1.94. The zero-order valence-electron chi connectivity index (χ0n) is 11.6. The molecule has 2 aromatic rings. The Morgan fingerprint density at radius 2 is 2.00 bits per heavy atom. The van der Waals surface area contributed by atoms with E-state index in [1.54, 1.807) is 23.9 Å².